The van der Waals surface area contributed by atoms with Gasteiger partial charge < -0.3 is 15.5 Å². The lowest BCUT2D eigenvalue weighted by molar-refractivity contribution is -0.138. The first kappa shape index (κ1) is 16.9. The van der Waals surface area contributed by atoms with Crippen LogP contribution in [0.4, 0.5) is 5.95 Å². The summed E-state index contributed by atoms with van der Waals surface area (Å²) in [5, 5.41) is 0. The Hall–Kier alpha value is -2.96. The van der Waals surface area contributed by atoms with Gasteiger partial charge in [-0.05, 0) is 24.1 Å². The number of hydrogen-bond acceptors (Lipinski definition) is 5. The molecule has 25 heavy (non-hydrogen) atoms. The van der Waals surface area contributed by atoms with Crippen molar-refractivity contribution in [3.8, 4) is 11.1 Å². The SMILES string of the molecule is CCC1C(=O)N(C)CCN1C(=O)c1cccc(-c2cnc(N)nc2)c1. The van der Waals surface area contributed by atoms with Gasteiger partial charge in [0.15, 0.2) is 0 Å². The third-order valence-corrected chi connectivity index (χ3v) is 4.48. The fourth-order valence-electron chi connectivity index (χ4n) is 3.03. The van der Waals surface area contributed by atoms with Crippen LogP contribution in [-0.2, 0) is 4.79 Å². The van der Waals surface area contributed by atoms with E-state index in [0.717, 1.165) is 11.1 Å². The van der Waals surface area contributed by atoms with Crippen molar-refractivity contribution in [3.05, 3.63) is 42.2 Å². The fourth-order valence-corrected chi connectivity index (χ4v) is 3.03. The third kappa shape index (κ3) is 3.31. The number of benzene rings is 1. The van der Waals surface area contributed by atoms with Crippen LogP contribution in [0.5, 0.6) is 0 Å². The number of aromatic nitrogens is 2. The summed E-state index contributed by atoms with van der Waals surface area (Å²) in [5.41, 5.74) is 7.68. The maximum atomic E-state index is 13.0. The van der Waals surface area contributed by atoms with Crippen LogP contribution in [-0.4, -0.2) is 57.8 Å². The summed E-state index contributed by atoms with van der Waals surface area (Å²) in [7, 11) is 1.77. The first-order chi connectivity index (χ1) is 12.0. The van der Waals surface area contributed by atoms with Gasteiger partial charge in [0.05, 0.1) is 0 Å². The topological polar surface area (TPSA) is 92.4 Å². The van der Waals surface area contributed by atoms with Gasteiger partial charge >= 0.3 is 0 Å². The number of nitrogens with two attached hydrogens (primary N) is 1. The molecular formula is C18H21N5O2. The summed E-state index contributed by atoms with van der Waals surface area (Å²) in [6.45, 7) is 3.01. The first-order valence-corrected chi connectivity index (χ1v) is 8.25. The summed E-state index contributed by atoms with van der Waals surface area (Å²) in [5.74, 6) is 0.0643. The maximum Gasteiger partial charge on any atom is 0.254 e. The largest absolute Gasteiger partial charge is 0.368 e. The van der Waals surface area contributed by atoms with E-state index in [9.17, 15) is 9.59 Å². The van der Waals surface area contributed by atoms with Crippen molar-refractivity contribution in [1.29, 1.82) is 0 Å². The number of nitrogens with zero attached hydrogens (tertiary/aromatic N) is 4. The van der Waals surface area contributed by atoms with Gasteiger partial charge in [-0.25, -0.2) is 9.97 Å². The summed E-state index contributed by atoms with van der Waals surface area (Å²) in [6.07, 6.45) is 3.85. The van der Waals surface area contributed by atoms with Gasteiger partial charge in [-0.1, -0.05) is 19.1 Å². The molecule has 1 aliphatic rings. The second-order valence-electron chi connectivity index (χ2n) is 6.09. The second-order valence-corrected chi connectivity index (χ2v) is 6.09. The molecule has 2 heterocycles. The molecule has 1 aliphatic heterocycles. The summed E-state index contributed by atoms with van der Waals surface area (Å²) in [6, 6.07) is 6.86. The maximum absolute atomic E-state index is 13.0. The lowest BCUT2D eigenvalue weighted by atomic mass is 10.0. The Bertz CT molecular complexity index is 790. The molecule has 0 spiro atoms. The molecule has 1 aromatic heterocycles. The van der Waals surface area contributed by atoms with Crippen molar-refractivity contribution in [2.75, 3.05) is 25.9 Å². The van der Waals surface area contributed by atoms with E-state index in [1.54, 1.807) is 41.4 Å². The van der Waals surface area contributed by atoms with Crippen LogP contribution in [0.3, 0.4) is 0 Å². The number of rotatable bonds is 3. The van der Waals surface area contributed by atoms with E-state index in [1.165, 1.54) is 0 Å². The van der Waals surface area contributed by atoms with Gasteiger partial charge in [-0.2, -0.15) is 0 Å². The highest BCUT2D eigenvalue weighted by molar-refractivity contribution is 5.99. The molecule has 1 aromatic carbocycles. The highest BCUT2D eigenvalue weighted by Crippen LogP contribution is 2.22. The number of piperazine rings is 1. The molecule has 1 unspecified atom stereocenters. The van der Waals surface area contributed by atoms with Crippen molar-refractivity contribution in [1.82, 2.24) is 19.8 Å². The molecule has 0 radical (unpaired) electrons. The lowest BCUT2D eigenvalue weighted by Crippen LogP contribution is -2.57. The Kier molecular flexibility index (Phi) is 4.65. The zero-order valence-corrected chi connectivity index (χ0v) is 14.3. The van der Waals surface area contributed by atoms with Crippen molar-refractivity contribution in [2.24, 2.45) is 0 Å². The molecule has 3 rings (SSSR count). The van der Waals surface area contributed by atoms with E-state index in [1.807, 2.05) is 19.1 Å². The van der Waals surface area contributed by atoms with Crippen LogP contribution in [0.2, 0.25) is 0 Å². The molecule has 7 nitrogen and oxygen atoms in total. The zero-order valence-electron chi connectivity index (χ0n) is 14.3. The second kappa shape index (κ2) is 6.88. The van der Waals surface area contributed by atoms with Crippen LogP contribution < -0.4 is 5.73 Å². The molecule has 0 saturated carbocycles. The van der Waals surface area contributed by atoms with Crippen molar-refractivity contribution < 1.29 is 9.59 Å². The number of carbonyl (C=O) groups is 2. The molecule has 1 fully saturated rings. The zero-order chi connectivity index (χ0) is 18.0. The first-order valence-electron chi connectivity index (χ1n) is 8.25. The summed E-state index contributed by atoms with van der Waals surface area (Å²) < 4.78 is 0. The number of likely N-dealkylation sites (N-methyl/N-ethyl adjacent to an activating group) is 1. The van der Waals surface area contributed by atoms with Crippen LogP contribution >= 0.6 is 0 Å². The molecule has 0 bridgehead atoms. The Morgan fingerprint density at radius 2 is 1.96 bits per heavy atom. The van der Waals surface area contributed by atoms with Crippen LogP contribution in [0, 0.1) is 0 Å². The van der Waals surface area contributed by atoms with Crippen LogP contribution in [0.15, 0.2) is 36.7 Å². The molecule has 7 heteroatoms. The summed E-state index contributed by atoms with van der Waals surface area (Å²) >= 11 is 0. The predicted octanol–water partition coefficient (Wildman–Crippen LogP) is 1.42. The smallest absolute Gasteiger partial charge is 0.254 e. The van der Waals surface area contributed by atoms with Gasteiger partial charge in [0, 0.05) is 43.7 Å². The highest BCUT2D eigenvalue weighted by atomic mass is 16.2. The highest BCUT2D eigenvalue weighted by Gasteiger charge is 2.34. The standard InChI is InChI=1S/C18H21N5O2/c1-3-15-17(25)22(2)7-8-23(15)16(24)13-6-4-5-12(9-13)14-10-20-18(19)21-11-14/h4-6,9-11,15H,3,7-8H2,1-2H3,(H2,19,20,21). The lowest BCUT2D eigenvalue weighted by Gasteiger charge is -2.38. The van der Waals surface area contributed by atoms with E-state index in [0.29, 0.717) is 25.1 Å². The van der Waals surface area contributed by atoms with Gasteiger partial charge in [-0.15, -0.1) is 0 Å². The Morgan fingerprint density at radius 3 is 2.64 bits per heavy atom. The van der Waals surface area contributed by atoms with Gasteiger partial charge in [0.1, 0.15) is 6.04 Å². The van der Waals surface area contributed by atoms with Crippen LogP contribution in [0.1, 0.15) is 23.7 Å². The average Bonchev–Trinajstić information content (AvgIpc) is 2.64. The van der Waals surface area contributed by atoms with Crippen LogP contribution in [0.25, 0.3) is 11.1 Å². The Labute approximate surface area is 146 Å². The van der Waals surface area contributed by atoms with Gasteiger partial charge in [0.25, 0.3) is 5.91 Å². The van der Waals surface area contributed by atoms with E-state index < -0.39 is 6.04 Å². The van der Waals surface area contributed by atoms with E-state index in [4.69, 9.17) is 5.73 Å². The molecule has 2 N–H and O–H groups in total. The third-order valence-electron chi connectivity index (χ3n) is 4.48. The Balaban J connectivity index is 1.88. The normalized spacial score (nSPS) is 17.7. The van der Waals surface area contributed by atoms with E-state index in [2.05, 4.69) is 9.97 Å². The quantitative estimate of drug-likeness (QED) is 0.913. The number of amides is 2. The monoisotopic (exact) mass is 339 g/mol. The predicted molar refractivity (Wildman–Crippen MR) is 94.6 cm³/mol. The minimum atomic E-state index is -0.408. The van der Waals surface area contributed by atoms with E-state index in [-0.39, 0.29) is 17.8 Å². The molecule has 2 amide bonds. The van der Waals surface area contributed by atoms with Gasteiger partial charge in [0.2, 0.25) is 11.9 Å². The minimum absolute atomic E-state index is 0.00908. The average molecular weight is 339 g/mol. The molecular weight excluding hydrogens is 318 g/mol. The van der Waals surface area contributed by atoms with E-state index >= 15 is 0 Å². The van der Waals surface area contributed by atoms with Crippen molar-refractivity contribution in [3.63, 3.8) is 0 Å². The molecule has 130 valence electrons. The summed E-state index contributed by atoms with van der Waals surface area (Å²) in [4.78, 5) is 36.6. The Morgan fingerprint density at radius 1 is 1.24 bits per heavy atom. The number of hydrogen-bond donors (Lipinski definition) is 1. The fraction of sp³-hybridized carbons (Fsp3) is 0.333. The van der Waals surface area contributed by atoms with Crippen molar-refractivity contribution in [2.45, 2.75) is 19.4 Å². The molecule has 0 aliphatic carbocycles. The molecule has 2 aromatic rings. The molecule has 1 atom stereocenters. The minimum Gasteiger partial charge on any atom is -0.368 e. The number of carbonyl (C=O) groups excluding carboxylic acids is 2. The van der Waals surface area contributed by atoms with Crippen molar-refractivity contribution >= 4 is 17.8 Å². The van der Waals surface area contributed by atoms with Gasteiger partial charge in [-0.3, -0.25) is 9.59 Å². The number of nitrogen functional groups attached to an aromatic ring is 1. The molecule has 1 saturated heterocycles. The number of anilines is 1.